The minimum absolute atomic E-state index is 0.0729. The molecule has 0 radical (unpaired) electrons. The van der Waals surface area contributed by atoms with Gasteiger partial charge in [-0.25, -0.2) is 0 Å². The van der Waals surface area contributed by atoms with E-state index in [1.54, 1.807) is 43.5 Å². The van der Waals surface area contributed by atoms with E-state index in [1.165, 1.54) is 7.11 Å². The summed E-state index contributed by atoms with van der Waals surface area (Å²) in [7, 11) is 3.04. The van der Waals surface area contributed by atoms with Crippen molar-refractivity contribution < 1.29 is 23.7 Å². The Morgan fingerprint density at radius 2 is 1.92 bits per heavy atom. The van der Waals surface area contributed by atoms with Crippen LogP contribution in [0.3, 0.4) is 0 Å². The highest BCUT2D eigenvalue weighted by atomic mass is 16.7. The van der Waals surface area contributed by atoms with Crippen molar-refractivity contribution in [1.82, 2.24) is 0 Å². The zero-order chi connectivity index (χ0) is 17.1. The zero-order valence-electron chi connectivity index (χ0n) is 13.2. The number of nitrogens with zero attached hydrogens (tertiary/aromatic N) is 1. The molecular weight excluding hydrogens is 310 g/mol. The molecule has 0 aliphatic carbocycles. The van der Waals surface area contributed by atoms with Gasteiger partial charge >= 0.3 is 0 Å². The molecule has 1 unspecified atom stereocenters. The molecule has 0 aromatic heterocycles. The molecule has 0 fully saturated rings. The Labute approximate surface area is 139 Å². The lowest BCUT2D eigenvalue weighted by atomic mass is 9.91. The zero-order valence-corrected chi connectivity index (χ0v) is 13.2. The lowest BCUT2D eigenvalue weighted by molar-refractivity contribution is 0.0978. The number of rotatable bonds is 5. The Hall–Kier alpha value is -3.20. The lowest BCUT2D eigenvalue weighted by Gasteiger charge is -2.12. The first-order valence-corrected chi connectivity index (χ1v) is 7.23. The molecule has 1 heterocycles. The van der Waals surface area contributed by atoms with Gasteiger partial charge in [0, 0.05) is 5.56 Å². The molecule has 0 bridgehead atoms. The van der Waals surface area contributed by atoms with Crippen LogP contribution in [0.25, 0.3) is 0 Å². The molecule has 0 amide bonds. The fraction of sp³-hybridized carbons (Fsp3) is 0.222. The van der Waals surface area contributed by atoms with Crippen molar-refractivity contribution in [2.45, 2.75) is 5.92 Å². The number of fused-ring (bicyclic) bond motifs is 1. The van der Waals surface area contributed by atoms with Gasteiger partial charge in [-0.1, -0.05) is 12.1 Å². The lowest BCUT2D eigenvalue weighted by Crippen LogP contribution is -2.11. The molecule has 2 aromatic rings. The SMILES string of the molecule is COc1ccc(C(C#N)C(=O)c2cc(OC)c3c(c2)OCO3)cc1. The number of ether oxygens (including phenoxy) is 4. The van der Waals surface area contributed by atoms with Crippen LogP contribution in [0.15, 0.2) is 36.4 Å². The Morgan fingerprint density at radius 3 is 2.54 bits per heavy atom. The van der Waals surface area contributed by atoms with Crippen LogP contribution in [0, 0.1) is 11.3 Å². The summed E-state index contributed by atoms with van der Waals surface area (Å²) in [6.07, 6.45) is 0. The summed E-state index contributed by atoms with van der Waals surface area (Å²) in [6.45, 7) is 0.0729. The van der Waals surface area contributed by atoms with E-state index in [0.717, 1.165) is 0 Å². The predicted octanol–water partition coefficient (Wildman–Crippen LogP) is 2.92. The van der Waals surface area contributed by atoms with Crippen LogP contribution in [-0.2, 0) is 0 Å². The molecule has 1 atom stereocenters. The molecule has 2 aromatic carbocycles. The van der Waals surface area contributed by atoms with Gasteiger partial charge in [0.05, 0.1) is 20.3 Å². The largest absolute Gasteiger partial charge is 0.497 e. The summed E-state index contributed by atoms with van der Waals surface area (Å²) < 4.78 is 21.0. The van der Waals surface area contributed by atoms with E-state index < -0.39 is 5.92 Å². The van der Waals surface area contributed by atoms with Crippen LogP contribution in [0.4, 0.5) is 0 Å². The van der Waals surface area contributed by atoms with Crippen LogP contribution in [0.2, 0.25) is 0 Å². The minimum Gasteiger partial charge on any atom is -0.497 e. The molecule has 122 valence electrons. The van der Waals surface area contributed by atoms with E-state index in [1.807, 2.05) is 0 Å². The van der Waals surface area contributed by atoms with Gasteiger partial charge in [-0.05, 0) is 29.8 Å². The van der Waals surface area contributed by atoms with Gasteiger partial charge in [-0.3, -0.25) is 4.79 Å². The number of methoxy groups -OCH3 is 2. The highest BCUT2D eigenvalue weighted by Crippen LogP contribution is 2.42. The number of nitriles is 1. The number of benzene rings is 2. The fourth-order valence-corrected chi connectivity index (χ4v) is 2.52. The van der Waals surface area contributed by atoms with Gasteiger partial charge in [0.25, 0.3) is 0 Å². The normalized spacial score (nSPS) is 13.0. The van der Waals surface area contributed by atoms with Crippen LogP contribution < -0.4 is 18.9 Å². The van der Waals surface area contributed by atoms with E-state index in [2.05, 4.69) is 6.07 Å². The molecule has 1 aliphatic heterocycles. The van der Waals surface area contributed by atoms with Crippen molar-refractivity contribution in [1.29, 1.82) is 5.26 Å². The van der Waals surface area contributed by atoms with Gasteiger partial charge < -0.3 is 18.9 Å². The van der Waals surface area contributed by atoms with Gasteiger partial charge in [0.2, 0.25) is 12.5 Å². The number of Topliss-reactive ketones (excluding diaryl/α,β-unsaturated/α-hetero) is 1. The average Bonchev–Trinajstić information content (AvgIpc) is 3.10. The summed E-state index contributed by atoms with van der Waals surface area (Å²) in [5.41, 5.74) is 0.929. The van der Waals surface area contributed by atoms with Crippen LogP contribution in [-0.4, -0.2) is 26.8 Å². The molecular formula is C18H15NO5. The second-order valence-corrected chi connectivity index (χ2v) is 5.11. The maximum Gasteiger partial charge on any atom is 0.231 e. The first-order valence-electron chi connectivity index (χ1n) is 7.23. The molecule has 0 saturated heterocycles. The predicted molar refractivity (Wildman–Crippen MR) is 84.8 cm³/mol. The minimum atomic E-state index is -0.930. The van der Waals surface area contributed by atoms with E-state index in [-0.39, 0.29) is 12.6 Å². The monoisotopic (exact) mass is 325 g/mol. The third kappa shape index (κ3) is 2.72. The van der Waals surface area contributed by atoms with Gasteiger partial charge in [-0.15, -0.1) is 0 Å². The van der Waals surface area contributed by atoms with Gasteiger partial charge in [0.15, 0.2) is 17.3 Å². The number of hydrogen-bond donors (Lipinski definition) is 0. The molecule has 6 heteroatoms. The Balaban J connectivity index is 1.96. The van der Waals surface area contributed by atoms with Crippen LogP contribution >= 0.6 is 0 Å². The number of carbonyl (C=O) groups excluding carboxylic acids is 1. The Bertz CT molecular complexity index is 807. The third-order valence-electron chi connectivity index (χ3n) is 3.78. The first kappa shape index (κ1) is 15.7. The van der Waals surface area contributed by atoms with E-state index in [0.29, 0.717) is 34.1 Å². The average molecular weight is 325 g/mol. The van der Waals surface area contributed by atoms with Crippen molar-refractivity contribution in [3.05, 3.63) is 47.5 Å². The van der Waals surface area contributed by atoms with Crippen molar-refractivity contribution in [3.63, 3.8) is 0 Å². The standard InChI is InChI=1S/C18H15NO5/c1-21-13-5-3-11(4-6-13)14(9-19)17(20)12-7-15(22-2)18-16(8-12)23-10-24-18/h3-8,14H,10H2,1-2H3. The second kappa shape index (κ2) is 6.50. The smallest absolute Gasteiger partial charge is 0.231 e. The van der Waals surface area contributed by atoms with Crippen LogP contribution in [0.1, 0.15) is 21.8 Å². The maximum absolute atomic E-state index is 12.8. The van der Waals surface area contributed by atoms with Crippen LogP contribution in [0.5, 0.6) is 23.0 Å². The molecule has 3 rings (SSSR count). The summed E-state index contributed by atoms with van der Waals surface area (Å²) in [5, 5.41) is 9.47. The molecule has 0 saturated carbocycles. The summed E-state index contributed by atoms with van der Waals surface area (Å²) in [6, 6.07) is 12.0. The highest BCUT2D eigenvalue weighted by Gasteiger charge is 2.27. The van der Waals surface area contributed by atoms with Crippen molar-refractivity contribution in [2.24, 2.45) is 0 Å². The van der Waals surface area contributed by atoms with Crippen molar-refractivity contribution in [3.8, 4) is 29.1 Å². The van der Waals surface area contributed by atoms with Gasteiger partial charge in [0.1, 0.15) is 11.7 Å². The Kier molecular flexibility index (Phi) is 4.25. The van der Waals surface area contributed by atoms with Gasteiger partial charge in [-0.2, -0.15) is 5.26 Å². The number of carbonyl (C=O) groups is 1. The fourth-order valence-electron chi connectivity index (χ4n) is 2.52. The summed E-state index contributed by atoms with van der Waals surface area (Å²) >= 11 is 0. The molecule has 1 aliphatic rings. The number of hydrogen-bond acceptors (Lipinski definition) is 6. The Morgan fingerprint density at radius 1 is 1.17 bits per heavy atom. The topological polar surface area (TPSA) is 77.8 Å². The maximum atomic E-state index is 12.8. The summed E-state index contributed by atoms with van der Waals surface area (Å²) in [4.78, 5) is 12.8. The van der Waals surface area contributed by atoms with E-state index in [9.17, 15) is 10.1 Å². The summed E-state index contributed by atoms with van der Waals surface area (Å²) in [5.74, 6) is 0.698. The third-order valence-corrected chi connectivity index (χ3v) is 3.78. The molecule has 0 N–H and O–H groups in total. The molecule has 0 spiro atoms. The molecule has 6 nitrogen and oxygen atoms in total. The van der Waals surface area contributed by atoms with E-state index >= 15 is 0 Å². The van der Waals surface area contributed by atoms with E-state index in [4.69, 9.17) is 18.9 Å². The quantitative estimate of drug-likeness (QED) is 0.787. The van der Waals surface area contributed by atoms with Crippen molar-refractivity contribution >= 4 is 5.78 Å². The second-order valence-electron chi connectivity index (χ2n) is 5.11. The highest BCUT2D eigenvalue weighted by molar-refractivity contribution is 6.03. The molecule has 24 heavy (non-hydrogen) atoms. The van der Waals surface area contributed by atoms with Crippen molar-refractivity contribution in [2.75, 3.05) is 21.0 Å². The number of ketones is 1. The first-order chi connectivity index (χ1) is 11.7.